The van der Waals surface area contributed by atoms with Crippen LogP contribution >= 0.6 is 0 Å². The Morgan fingerprint density at radius 2 is 1.55 bits per heavy atom. The zero-order valence-corrected chi connectivity index (χ0v) is 15.5. The maximum absolute atomic E-state index is 5.71. The van der Waals surface area contributed by atoms with Crippen LogP contribution in [-0.4, -0.2) is 52.0 Å². The Labute approximate surface area is 139 Å². The first-order valence-corrected chi connectivity index (χ1v) is 9.11. The molecule has 0 radical (unpaired) electrons. The molecule has 0 aliphatic carbocycles. The monoisotopic (exact) mass is 313 g/mol. The number of methoxy groups -OCH3 is 1. The second-order valence-electron chi connectivity index (χ2n) is 6.36. The van der Waals surface area contributed by atoms with E-state index in [9.17, 15) is 0 Å². The third kappa shape index (κ3) is 16.0. The number of likely N-dealkylation sites (N-methyl/N-ethyl adjacent to an activating group) is 1. The highest BCUT2D eigenvalue weighted by molar-refractivity contribution is 4.80. The van der Waals surface area contributed by atoms with Gasteiger partial charge in [0.1, 0.15) is 0 Å². The molecule has 3 nitrogen and oxygen atoms in total. The minimum absolute atomic E-state index is 0.191. The maximum atomic E-state index is 5.71. The Kier molecular flexibility index (Phi) is 16.7. The van der Waals surface area contributed by atoms with Crippen LogP contribution in [-0.2, 0) is 9.47 Å². The van der Waals surface area contributed by atoms with Crippen LogP contribution in [0.15, 0.2) is 12.2 Å². The van der Waals surface area contributed by atoms with Crippen LogP contribution < -0.4 is 0 Å². The molecule has 0 aliphatic rings. The van der Waals surface area contributed by atoms with Crippen molar-refractivity contribution in [3.8, 4) is 0 Å². The van der Waals surface area contributed by atoms with Crippen molar-refractivity contribution in [2.45, 2.75) is 70.8 Å². The van der Waals surface area contributed by atoms with Crippen LogP contribution in [0.1, 0.15) is 64.7 Å². The molecule has 0 heterocycles. The first kappa shape index (κ1) is 21.6. The topological polar surface area (TPSA) is 21.7 Å². The maximum Gasteiger partial charge on any atom is 0.0930 e. The molecule has 0 spiro atoms. The molecule has 1 atom stereocenters. The van der Waals surface area contributed by atoms with Gasteiger partial charge in [-0.05, 0) is 39.8 Å². The molecule has 0 amide bonds. The Morgan fingerprint density at radius 3 is 2.18 bits per heavy atom. The number of hydrogen-bond donors (Lipinski definition) is 0. The number of ether oxygens (including phenoxy) is 2. The van der Waals surface area contributed by atoms with Crippen LogP contribution in [0.4, 0.5) is 0 Å². The standard InChI is InChI=1S/C19H39NO2/c1-5-6-7-8-9-10-11-12-13-14-15-16-22-18-19(21-4)17-20(2)3/h7-8,19H,5-6,9-18H2,1-4H3. The molecular weight excluding hydrogens is 274 g/mol. The highest BCUT2D eigenvalue weighted by Crippen LogP contribution is 2.08. The summed E-state index contributed by atoms with van der Waals surface area (Å²) in [7, 11) is 5.88. The van der Waals surface area contributed by atoms with Crippen LogP contribution in [0.25, 0.3) is 0 Å². The van der Waals surface area contributed by atoms with Gasteiger partial charge in [-0.3, -0.25) is 0 Å². The molecule has 0 saturated heterocycles. The molecule has 0 saturated carbocycles. The summed E-state index contributed by atoms with van der Waals surface area (Å²) in [6.45, 7) is 4.72. The molecule has 0 aromatic rings. The second-order valence-corrected chi connectivity index (χ2v) is 6.36. The van der Waals surface area contributed by atoms with Crippen molar-refractivity contribution in [2.75, 3.05) is 41.0 Å². The van der Waals surface area contributed by atoms with Gasteiger partial charge in [0.15, 0.2) is 0 Å². The molecule has 0 bridgehead atoms. The van der Waals surface area contributed by atoms with E-state index < -0.39 is 0 Å². The normalized spacial score (nSPS) is 13.3. The van der Waals surface area contributed by atoms with E-state index in [1.807, 2.05) is 0 Å². The number of rotatable bonds is 16. The van der Waals surface area contributed by atoms with Crippen LogP contribution in [0.5, 0.6) is 0 Å². The fourth-order valence-corrected chi connectivity index (χ4v) is 2.39. The largest absolute Gasteiger partial charge is 0.379 e. The molecule has 0 N–H and O–H groups in total. The summed E-state index contributed by atoms with van der Waals surface area (Å²) in [5.74, 6) is 0. The molecule has 3 heteroatoms. The van der Waals surface area contributed by atoms with Gasteiger partial charge in [-0.2, -0.15) is 0 Å². The highest BCUT2D eigenvalue weighted by atomic mass is 16.5. The van der Waals surface area contributed by atoms with Gasteiger partial charge in [0, 0.05) is 20.3 Å². The van der Waals surface area contributed by atoms with Crippen LogP contribution in [0, 0.1) is 0 Å². The van der Waals surface area contributed by atoms with E-state index in [4.69, 9.17) is 9.47 Å². The summed E-state index contributed by atoms with van der Waals surface area (Å²) in [5, 5.41) is 0. The SMILES string of the molecule is CCCC=CCCCCCCCCOCC(CN(C)C)OC. The van der Waals surface area contributed by atoms with Crippen LogP contribution in [0.3, 0.4) is 0 Å². The number of unbranched alkanes of at least 4 members (excludes halogenated alkanes) is 7. The smallest absolute Gasteiger partial charge is 0.0930 e. The van der Waals surface area contributed by atoms with Crippen molar-refractivity contribution in [3.63, 3.8) is 0 Å². The summed E-state index contributed by atoms with van der Waals surface area (Å²) < 4.78 is 11.1. The third-order valence-corrected chi connectivity index (χ3v) is 3.74. The van der Waals surface area contributed by atoms with E-state index in [0.29, 0.717) is 6.61 Å². The van der Waals surface area contributed by atoms with E-state index in [1.165, 1.54) is 57.8 Å². The highest BCUT2D eigenvalue weighted by Gasteiger charge is 2.08. The lowest BCUT2D eigenvalue weighted by Gasteiger charge is -2.19. The van der Waals surface area contributed by atoms with E-state index in [-0.39, 0.29) is 6.10 Å². The lowest BCUT2D eigenvalue weighted by Crippen LogP contribution is -2.31. The molecule has 0 fully saturated rings. The quantitative estimate of drug-likeness (QED) is 0.305. The fourth-order valence-electron chi connectivity index (χ4n) is 2.39. The molecule has 0 aromatic heterocycles. The summed E-state index contributed by atoms with van der Waals surface area (Å²) in [4.78, 5) is 2.13. The molecule has 0 aromatic carbocycles. The van der Waals surface area contributed by atoms with Gasteiger partial charge in [0.05, 0.1) is 12.7 Å². The zero-order chi connectivity index (χ0) is 16.5. The second kappa shape index (κ2) is 17.0. The van der Waals surface area contributed by atoms with Crippen LogP contribution in [0.2, 0.25) is 0 Å². The molecule has 0 aliphatic heterocycles. The van der Waals surface area contributed by atoms with Gasteiger partial charge in [0.25, 0.3) is 0 Å². The fraction of sp³-hybridized carbons (Fsp3) is 0.895. The minimum atomic E-state index is 0.191. The molecule has 132 valence electrons. The first-order chi connectivity index (χ1) is 10.7. The van der Waals surface area contributed by atoms with Crippen molar-refractivity contribution in [1.29, 1.82) is 0 Å². The molecular formula is C19H39NO2. The summed E-state index contributed by atoms with van der Waals surface area (Å²) in [6, 6.07) is 0. The lowest BCUT2D eigenvalue weighted by atomic mass is 10.1. The van der Waals surface area contributed by atoms with Crippen molar-refractivity contribution < 1.29 is 9.47 Å². The van der Waals surface area contributed by atoms with E-state index in [2.05, 4.69) is 38.1 Å². The number of hydrogen-bond acceptors (Lipinski definition) is 3. The van der Waals surface area contributed by atoms with Gasteiger partial charge >= 0.3 is 0 Å². The average Bonchev–Trinajstić information content (AvgIpc) is 2.50. The van der Waals surface area contributed by atoms with Crippen molar-refractivity contribution in [1.82, 2.24) is 4.90 Å². The predicted octanol–water partition coefficient (Wildman–Crippen LogP) is 4.67. The Hall–Kier alpha value is -0.380. The predicted molar refractivity (Wildman–Crippen MR) is 96.5 cm³/mol. The Balaban J connectivity index is 3.23. The molecule has 1 unspecified atom stereocenters. The summed E-state index contributed by atoms with van der Waals surface area (Å²) >= 11 is 0. The number of nitrogens with zero attached hydrogens (tertiary/aromatic N) is 1. The number of allylic oxidation sites excluding steroid dienone is 2. The van der Waals surface area contributed by atoms with Gasteiger partial charge in [-0.15, -0.1) is 0 Å². The van der Waals surface area contributed by atoms with Gasteiger partial charge in [-0.25, -0.2) is 0 Å². The first-order valence-electron chi connectivity index (χ1n) is 9.11. The molecule has 22 heavy (non-hydrogen) atoms. The molecule has 0 rings (SSSR count). The van der Waals surface area contributed by atoms with Crippen molar-refractivity contribution >= 4 is 0 Å². The van der Waals surface area contributed by atoms with E-state index >= 15 is 0 Å². The van der Waals surface area contributed by atoms with E-state index in [0.717, 1.165) is 13.2 Å². The summed E-state index contributed by atoms with van der Waals surface area (Å²) in [5.41, 5.74) is 0. The minimum Gasteiger partial charge on any atom is -0.379 e. The lowest BCUT2D eigenvalue weighted by molar-refractivity contribution is -0.00401. The van der Waals surface area contributed by atoms with E-state index in [1.54, 1.807) is 7.11 Å². The third-order valence-electron chi connectivity index (χ3n) is 3.74. The Bertz CT molecular complexity index is 242. The Morgan fingerprint density at radius 1 is 0.909 bits per heavy atom. The van der Waals surface area contributed by atoms with Gasteiger partial charge in [0.2, 0.25) is 0 Å². The average molecular weight is 314 g/mol. The van der Waals surface area contributed by atoms with Gasteiger partial charge < -0.3 is 14.4 Å². The summed E-state index contributed by atoms with van der Waals surface area (Å²) in [6.07, 6.45) is 16.5. The zero-order valence-electron chi connectivity index (χ0n) is 15.5. The van der Waals surface area contributed by atoms with Crippen molar-refractivity contribution in [3.05, 3.63) is 12.2 Å². The van der Waals surface area contributed by atoms with Crippen molar-refractivity contribution in [2.24, 2.45) is 0 Å². The van der Waals surface area contributed by atoms with Gasteiger partial charge in [-0.1, -0.05) is 51.2 Å².